The number of nitrogens with one attached hydrogen (secondary N) is 1. The summed E-state index contributed by atoms with van der Waals surface area (Å²) >= 11 is 5.95. The van der Waals surface area contributed by atoms with Gasteiger partial charge in [-0.15, -0.1) is 0 Å². The molecule has 0 saturated carbocycles. The Hall–Kier alpha value is -2.37. The van der Waals surface area contributed by atoms with E-state index < -0.39 is 0 Å². The van der Waals surface area contributed by atoms with Gasteiger partial charge in [-0.3, -0.25) is 9.59 Å². The van der Waals surface area contributed by atoms with Gasteiger partial charge >= 0.3 is 0 Å². The number of hydrogen-bond acceptors (Lipinski definition) is 3. The first-order valence-corrected chi connectivity index (χ1v) is 9.99. The predicted octanol–water partition coefficient (Wildman–Crippen LogP) is 3.11. The lowest BCUT2D eigenvalue weighted by Crippen LogP contribution is -2.47. The molecule has 1 fully saturated rings. The number of benzene rings is 2. The molecule has 0 bridgehead atoms. The minimum Gasteiger partial charge on any atom is -0.340 e. The van der Waals surface area contributed by atoms with Gasteiger partial charge in [-0.05, 0) is 36.8 Å². The van der Waals surface area contributed by atoms with Crippen molar-refractivity contribution in [3.63, 3.8) is 0 Å². The molecular weight excluding hydrogens is 374 g/mol. The van der Waals surface area contributed by atoms with Gasteiger partial charge in [-0.2, -0.15) is 0 Å². The molecule has 5 nitrogen and oxygen atoms in total. The van der Waals surface area contributed by atoms with Gasteiger partial charge in [0.1, 0.15) is 0 Å². The Morgan fingerprint density at radius 3 is 2.32 bits per heavy atom. The smallest absolute Gasteiger partial charge is 0.254 e. The van der Waals surface area contributed by atoms with E-state index in [4.69, 9.17) is 11.6 Å². The lowest BCUT2D eigenvalue weighted by Gasteiger charge is -2.29. The number of aryl methyl sites for hydroxylation is 1. The normalized spacial score (nSPS) is 14.0. The molecule has 0 unspecified atom stereocenters. The van der Waals surface area contributed by atoms with Crippen LogP contribution in [0.15, 0.2) is 48.5 Å². The highest BCUT2D eigenvalue weighted by Crippen LogP contribution is 2.15. The van der Waals surface area contributed by atoms with Crippen LogP contribution in [-0.2, 0) is 11.3 Å². The first-order chi connectivity index (χ1) is 13.5. The number of carbonyl (C=O) groups is 2. The number of hydrogen-bond donors (Lipinski definition) is 1. The van der Waals surface area contributed by atoms with Crippen LogP contribution in [0, 0.1) is 6.92 Å². The van der Waals surface area contributed by atoms with Gasteiger partial charge < -0.3 is 15.1 Å². The van der Waals surface area contributed by atoms with Crippen molar-refractivity contribution < 1.29 is 9.59 Å². The van der Waals surface area contributed by atoms with Gasteiger partial charge in [-0.1, -0.05) is 41.4 Å². The average molecular weight is 400 g/mol. The van der Waals surface area contributed by atoms with Gasteiger partial charge in [0.15, 0.2) is 0 Å². The summed E-state index contributed by atoms with van der Waals surface area (Å²) in [5.74, 6) is 0.00432. The highest BCUT2D eigenvalue weighted by Gasteiger charge is 2.21. The van der Waals surface area contributed by atoms with Gasteiger partial charge in [0.05, 0.1) is 0 Å². The highest BCUT2D eigenvalue weighted by molar-refractivity contribution is 6.30. The third kappa shape index (κ3) is 5.57. The van der Waals surface area contributed by atoms with Crippen LogP contribution in [0.5, 0.6) is 0 Å². The summed E-state index contributed by atoms with van der Waals surface area (Å²) in [5, 5.41) is 3.84. The zero-order valence-electron chi connectivity index (χ0n) is 16.2. The Balaban J connectivity index is 1.71. The second kappa shape index (κ2) is 9.71. The molecule has 1 heterocycles. The number of halogens is 1. The number of nitrogens with zero attached hydrogens (tertiary/aromatic N) is 2. The van der Waals surface area contributed by atoms with Gasteiger partial charge in [0, 0.05) is 56.3 Å². The third-order valence-electron chi connectivity index (χ3n) is 4.94. The third-order valence-corrected chi connectivity index (χ3v) is 5.19. The number of carbonyl (C=O) groups excluding carboxylic acids is 2. The Kier molecular flexibility index (Phi) is 7.06. The monoisotopic (exact) mass is 399 g/mol. The zero-order chi connectivity index (χ0) is 19.9. The van der Waals surface area contributed by atoms with Crippen LogP contribution < -0.4 is 5.32 Å². The SMILES string of the molecule is Cc1ccc(CN(CCC(=O)N2CCNCC2)C(=O)c2ccc(Cl)cc2)cc1. The molecule has 28 heavy (non-hydrogen) atoms. The molecule has 6 heteroatoms. The molecule has 1 aliphatic rings. The fourth-order valence-corrected chi connectivity index (χ4v) is 3.37. The van der Waals surface area contributed by atoms with Crippen molar-refractivity contribution in [2.75, 3.05) is 32.7 Å². The minimum absolute atomic E-state index is 0.0923. The van der Waals surface area contributed by atoms with Gasteiger partial charge in [-0.25, -0.2) is 0 Å². The summed E-state index contributed by atoms with van der Waals surface area (Å²) in [6, 6.07) is 15.0. The van der Waals surface area contributed by atoms with Crippen LogP contribution in [0.1, 0.15) is 27.9 Å². The van der Waals surface area contributed by atoms with Gasteiger partial charge in [0.2, 0.25) is 5.91 Å². The van der Waals surface area contributed by atoms with E-state index in [2.05, 4.69) is 5.32 Å². The van der Waals surface area contributed by atoms with E-state index in [0.29, 0.717) is 30.1 Å². The van der Waals surface area contributed by atoms with Crippen LogP contribution in [0.3, 0.4) is 0 Å². The van der Waals surface area contributed by atoms with Crippen molar-refractivity contribution in [3.05, 3.63) is 70.2 Å². The van der Waals surface area contributed by atoms with Crippen molar-refractivity contribution >= 4 is 23.4 Å². The highest BCUT2D eigenvalue weighted by atomic mass is 35.5. The zero-order valence-corrected chi connectivity index (χ0v) is 16.9. The molecule has 2 aromatic carbocycles. The molecule has 2 amide bonds. The van der Waals surface area contributed by atoms with E-state index in [1.54, 1.807) is 29.2 Å². The molecule has 3 rings (SSSR count). The molecule has 2 aromatic rings. The van der Waals surface area contributed by atoms with E-state index >= 15 is 0 Å². The topological polar surface area (TPSA) is 52.7 Å². The maximum atomic E-state index is 13.1. The van der Waals surface area contributed by atoms with E-state index in [-0.39, 0.29) is 11.8 Å². The van der Waals surface area contributed by atoms with E-state index in [1.807, 2.05) is 36.1 Å². The molecule has 1 N–H and O–H groups in total. The standard InChI is InChI=1S/C22H26ClN3O2/c1-17-2-4-18(5-3-17)16-26(22(28)19-6-8-20(23)9-7-19)13-10-21(27)25-14-11-24-12-15-25/h2-9,24H,10-16H2,1H3. The lowest BCUT2D eigenvalue weighted by molar-refractivity contribution is -0.132. The molecule has 0 atom stereocenters. The largest absolute Gasteiger partial charge is 0.340 e. The van der Waals surface area contributed by atoms with Crippen LogP contribution in [-0.4, -0.2) is 54.3 Å². The van der Waals surface area contributed by atoms with E-state index in [1.165, 1.54) is 5.56 Å². The van der Waals surface area contributed by atoms with Gasteiger partial charge in [0.25, 0.3) is 5.91 Å². The second-order valence-electron chi connectivity index (χ2n) is 7.10. The van der Waals surface area contributed by atoms with Crippen molar-refractivity contribution in [1.29, 1.82) is 0 Å². The van der Waals surface area contributed by atoms with Crippen LogP contribution >= 0.6 is 11.6 Å². The molecule has 0 spiro atoms. The first kappa shape index (κ1) is 20.4. The Bertz CT molecular complexity index is 800. The molecule has 1 aliphatic heterocycles. The molecule has 0 aromatic heterocycles. The number of amides is 2. The summed E-state index contributed by atoms with van der Waals surface area (Å²) in [4.78, 5) is 29.2. The molecule has 148 valence electrons. The summed E-state index contributed by atoms with van der Waals surface area (Å²) in [7, 11) is 0. The van der Waals surface area contributed by atoms with Crippen LogP contribution in [0.25, 0.3) is 0 Å². The van der Waals surface area contributed by atoms with E-state index in [0.717, 1.165) is 31.7 Å². The second-order valence-corrected chi connectivity index (χ2v) is 7.54. The summed E-state index contributed by atoms with van der Waals surface area (Å²) < 4.78 is 0. The summed E-state index contributed by atoms with van der Waals surface area (Å²) in [6.07, 6.45) is 0.325. The Labute approximate surface area is 171 Å². The molecule has 1 saturated heterocycles. The van der Waals surface area contributed by atoms with Crippen molar-refractivity contribution in [2.45, 2.75) is 19.9 Å². The summed E-state index contributed by atoms with van der Waals surface area (Å²) in [5.41, 5.74) is 2.79. The Morgan fingerprint density at radius 2 is 1.68 bits per heavy atom. The number of rotatable bonds is 6. The molecule has 0 radical (unpaired) electrons. The molecular formula is C22H26ClN3O2. The number of piperazine rings is 1. The minimum atomic E-state index is -0.0923. The molecule has 0 aliphatic carbocycles. The maximum absolute atomic E-state index is 13.1. The average Bonchev–Trinajstić information content (AvgIpc) is 2.73. The maximum Gasteiger partial charge on any atom is 0.254 e. The van der Waals surface area contributed by atoms with Crippen molar-refractivity contribution in [3.8, 4) is 0 Å². The Morgan fingerprint density at radius 1 is 1.04 bits per heavy atom. The summed E-state index contributed by atoms with van der Waals surface area (Å²) in [6.45, 7) is 5.98. The quantitative estimate of drug-likeness (QED) is 0.812. The van der Waals surface area contributed by atoms with Crippen LogP contribution in [0.4, 0.5) is 0 Å². The van der Waals surface area contributed by atoms with Crippen molar-refractivity contribution in [2.24, 2.45) is 0 Å². The van der Waals surface area contributed by atoms with Crippen molar-refractivity contribution in [1.82, 2.24) is 15.1 Å². The van der Waals surface area contributed by atoms with E-state index in [9.17, 15) is 9.59 Å². The fraction of sp³-hybridized carbons (Fsp3) is 0.364. The lowest BCUT2D eigenvalue weighted by atomic mass is 10.1. The first-order valence-electron chi connectivity index (χ1n) is 9.62. The van der Waals surface area contributed by atoms with Crippen LogP contribution in [0.2, 0.25) is 5.02 Å². The predicted molar refractivity (Wildman–Crippen MR) is 111 cm³/mol. The fourth-order valence-electron chi connectivity index (χ4n) is 3.24.